The normalized spacial score (nSPS) is 21.8. The van der Waals surface area contributed by atoms with Gasteiger partial charge in [0.25, 0.3) is 0 Å². The van der Waals surface area contributed by atoms with Gasteiger partial charge in [-0.1, -0.05) is 6.92 Å². The van der Waals surface area contributed by atoms with Crippen molar-refractivity contribution in [3.8, 4) is 0 Å². The minimum atomic E-state index is 0. The Morgan fingerprint density at radius 2 is 1.94 bits per heavy atom. The summed E-state index contributed by atoms with van der Waals surface area (Å²) in [6, 6.07) is 0. The van der Waals surface area contributed by atoms with Crippen molar-refractivity contribution in [2.24, 2.45) is 0 Å². The Labute approximate surface area is 120 Å². The second-order valence-corrected chi connectivity index (χ2v) is 4.73. The topological polar surface area (TPSA) is 41.1 Å². The molecule has 1 N–H and O–H groups in total. The quantitative estimate of drug-likeness (QED) is 0.856. The highest BCUT2D eigenvalue weighted by Gasteiger charge is 2.26. The van der Waals surface area contributed by atoms with Gasteiger partial charge in [-0.25, -0.2) is 9.97 Å². The number of hydrogen-bond acceptors (Lipinski definition) is 4. The van der Waals surface area contributed by atoms with Crippen LogP contribution in [-0.2, 0) is 6.42 Å². The zero-order chi connectivity index (χ0) is 11.0. The third-order valence-corrected chi connectivity index (χ3v) is 3.67. The molecule has 1 saturated heterocycles. The third kappa shape index (κ3) is 2.71. The number of nitrogens with one attached hydrogen (secondary N) is 1. The van der Waals surface area contributed by atoms with Crippen LogP contribution >= 0.6 is 24.8 Å². The first-order valence-corrected chi connectivity index (χ1v) is 6.15. The molecule has 2 aliphatic rings. The van der Waals surface area contributed by atoms with E-state index in [1.807, 2.05) is 0 Å². The summed E-state index contributed by atoms with van der Waals surface area (Å²) in [7, 11) is 0. The van der Waals surface area contributed by atoms with Crippen molar-refractivity contribution in [2.75, 3.05) is 31.1 Å². The van der Waals surface area contributed by atoms with E-state index in [9.17, 15) is 0 Å². The van der Waals surface area contributed by atoms with E-state index in [0.717, 1.165) is 32.6 Å². The van der Waals surface area contributed by atoms with Gasteiger partial charge in [-0.05, 0) is 18.8 Å². The second kappa shape index (κ2) is 6.55. The van der Waals surface area contributed by atoms with Crippen LogP contribution in [0.15, 0.2) is 6.33 Å². The first kappa shape index (κ1) is 15.5. The van der Waals surface area contributed by atoms with Crippen molar-refractivity contribution in [1.82, 2.24) is 15.3 Å². The molecule has 3 rings (SSSR count). The minimum absolute atomic E-state index is 0. The Hall–Kier alpha value is -0.580. The van der Waals surface area contributed by atoms with Crippen molar-refractivity contribution < 1.29 is 0 Å². The van der Waals surface area contributed by atoms with Gasteiger partial charge in [-0.15, -0.1) is 24.8 Å². The van der Waals surface area contributed by atoms with Gasteiger partial charge in [0.2, 0.25) is 0 Å². The van der Waals surface area contributed by atoms with Gasteiger partial charge in [0.15, 0.2) is 0 Å². The first-order chi connectivity index (χ1) is 7.86. The van der Waals surface area contributed by atoms with Gasteiger partial charge in [0, 0.05) is 37.4 Å². The van der Waals surface area contributed by atoms with Crippen LogP contribution in [0.25, 0.3) is 0 Å². The summed E-state index contributed by atoms with van der Waals surface area (Å²) < 4.78 is 0. The molecule has 1 aliphatic carbocycles. The van der Waals surface area contributed by atoms with E-state index in [1.54, 1.807) is 6.33 Å². The summed E-state index contributed by atoms with van der Waals surface area (Å²) in [5.74, 6) is 1.82. The molecule has 0 aromatic carbocycles. The van der Waals surface area contributed by atoms with Crippen LogP contribution in [0.1, 0.15) is 30.5 Å². The molecule has 6 heteroatoms. The SMILES string of the molecule is C[C@@H]1CCc2ncnc(N3CCNCC3)c21.Cl.Cl. The highest BCUT2D eigenvalue weighted by molar-refractivity contribution is 5.85. The largest absolute Gasteiger partial charge is 0.354 e. The molecule has 0 amide bonds. The van der Waals surface area contributed by atoms with E-state index < -0.39 is 0 Å². The van der Waals surface area contributed by atoms with E-state index in [0.29, 0.717) is 5.92 Å². The molecule has 0 radical (unpaired) electrons. The van der Waals surface area contributed by atoms with Crippen LogP contribution in [0.2, 0.25) is 0 Å². The number of aromatic nitrogens is 2. The maximum absolute atomic E-state index is 4.51. The standard InChI is InChI=1S/C12H18N4.2ClH/c1-9-2-3-10-11(9)12(15-8-14-10)16-6-4-13-5-7-16;;/h8-9,13H,2-7H2,1H3;2*1H/t9-;;/m1../s1. The van der Waals surface area contributed by atoms with Crippen molar-refractivity contribution in [3.05, 3.63) is 17.6 Å². The molecule has 1 aliphatic heterocycles. The number of nitrogens with zero attached hydrogens (tertiary/aromatic N) is 3. The molecular weight excluding hydrogens is 271 g/mol. The van der Waals surface area contributed by atoms with Crippen LogP contribution < -0.4 is 10.2 Å². The van der Waals surface area contributed by atoms with Gasteiger partial charge in [0.1, 0.15) is 12.1 Å². The van der Waals surface area contributed by atoms with Gasteiger partial charge < -0.3 is 10.2 Å². The molecule has 0 bridgehead atoms. The fourth-order valence-corrected chi connectivity index (χ4v) is 2.75. The Bertz CT molecular complexity index is 394. The molecule has 102 valence electrons. The van der Waals surface area contributed by atoms with Crippen LogP contribution in [0, 0.1) is 0 Å². The van der Waals surface area contributed by atoms with Gasteiger partial charge in [0.05, 0.1) is 0 Å². The van der Waals surface area contributed by atoms with Gasteiger partial charge in [-0.2, -0.15) is 0 Å². The summed E-state index contributed by atoms with van der Waals surface area (Å²) in [5.41, 5.74) is 2.68. The molecule has 2 heterocycles. The minimum Gasteiger partial charge on any atom is -0.354 e. The lowest BCUT2D eigenvalue weighted by atomic mass is 10.1. The lowest BCUT2D eigenvalue weighted by Gasteiger charge is -2.30. The molecule has 4 nitrogen and oxygen atoms in total. The summed E-state index contributed by atoms with van der Waals surface area (Å²) >= 11 is 0. The maximum Gasteiger partial charge on any atom is 0.135 e. The number of aryl methyl sites for hydroxylation is 1. The summed E-state index contributed by atoms with van der Waals surface area (Å²) in [6.45, 7) is 6.55. The Morgan fingerprint density at radius 1 is 1.22 bits per heavy atom. The van der Waals surface area contributed by atoms with Crippen LogP contribution in [-0.4, -0.2) is 36.1 Å². The number of anilines is 1. The molecule has 18 heavy (non-hydrogen) atoms. The summed E-state index contributed by atoms with van der Waals surface area (Å²) in [5, 5.41) is 3.38. The average Bonchev–Trinajstić information content (AvgIpc) is 2.73. The average molecular weight is 291 g/mol. The zero-order valence-corrected chi connectivity index (χ0v) is 12.2. The van der Waals surface area contributed by atoms with Crippen LogP contribution in [0.4, 0.5) is 5.82 Å². The highest BCUT2D eigenvalue weighted by atomic mass is 35.5. The predicted octanol–water partition coefficient (Wildman–Crippen LogP) is 1.78. The molecule has 0 spiro atoms. The lowest BCUT2D eigenvalue weighted by Crippen LogP contribution is -2.44. The highest BCUT2D eigenvalue weighted by Crippen LogP contribution is 2.36. The van der Waals surface area contributed by atoms with E-state index in [4.69, 9.17) is 0 Å². The van der Waals surface area contributed by atoms with E-state index in [-0.39, 0.29) is 24.8 Å². The Morgan fingerprint density at radius 3 is 2.67 bits per heavy atom. The van der Waals surface area contributed by atoms with Crippen LogP contribution in [0.3, 0.4) is 0 Å². The molecule has 1 aromatic rings. The smallest absolute Gasteiger partial charge is 0.135 e. The number of hydrogen-bond donors (Lipinski definition) is 1. The second-order valence-electron chi connectivity index (χ2n) is 4.73. The molecule has 1 fully saturated rings. The molecule has 1 atom stereocenters. The zero-order valence-electron chi connectivity index (χ0n) is 10.6. The summed E-state index contributed by atoms with van der Waals surface area (Å²) in [6.07, 6.45) is 4.08. The molecule has 1 aromatic heterocycles. The molecule has 0 unspecified atom stereocenters. The van der Waals surface area contributed by atoms with Crippen molar-refractivity contribution in [1.29, 1.82) is 0 Å². The molecule has 0 saturated carbocycles. The molecular formula is C12H20Cl2N4. The fourth-order valence-electron chi connectivity index (χ4n) is 2.75. The number of piperazine rings is 1. The predicted molar refractivity (Wildman–Crippen MR) is 78.3 cm³/mol. The lowest BCUT2D eigenvalue weighted by molar-refractivity contribution is 0.581. The number of fused-ring (bicyclic) bond motifs is 1. The van der Waals surface area contributed by atoms with Crippen molar-refractivity contribution in [2.45, 2.75) is 25.7 Å². The van der Waals surface area contributed by atoms with E-state index >= 15 is 0 Å². The maximum atomic E-state index is 4.51. The Balaban J connectivity index is 0.000000810. The van der Waals surface area contributed by atoms with Crippen molar-refractivity contribution >= 4 is 30.6 Å². The summed E-state index contributed by atoms with van der Waals surface area (Å²) in [4.78, 5) is 11.3. The van der Waals surface area contributed by atoms with E-state index in [1.165, 1.54) is 23.5 Å². The number of halogens is 2. The fraction of sp³-hybridized carbons (Fsp3) is 0.667. The number of rotatable bonds is 1. The monoisotopic (exact) mass is 290 g/mol. The van der Waals surface area contributed by atoms with Crippen molar-refractivity contribution in [3.63, 3.8) is 0 Å². The van der Waals surface area contributed by atoms with Gasteiger partial charge in [-0.3, -0.25) is 0 Å². The van der Waals surface area contributed by atoms with Gasteiger partial charge >= 0.3 is 0 Å². The van der Waals surface area contributed by atoms with E-state index in [2.05, 4.69) is 27.1 Å². The first-order valence-electron chi connectivity index (χ1n) is 6.15. The van der Waals surface area contributed by atoms with Crippen LogP contribution in [0.5, 0.6) is 0 Å². The Kier molecular flexibility index (Phi) is 5.63. The third-order valence-electron chi connectivity index (χ3n) is 3.67.